The van der Waals surface area contributed by atoms with Crippen molar-refractivity contribution in [2.45, 2.75) is 75.5 Å². The molecule has 332 valence electrons. The van der Waals surface area contributed by atoms with E-state index in [4.69, 9.17) is 0 Å². The molecule has 1 nitrogen and oxygen atoms in total. The lowest BCUT2D eigenvalue weighted by Crippen LogP contribution is -2.26. The van der Waals surface area contributed by atoms with Gasteiger partial charge in [-0.05, 0) is 185 Å². The third-order valence-corrected chi connectivity index (χ3v) is 18.4. The van der Waals surface area contributed by atoms with Gasteiger partial charge in [-0.15, -0.1) is 0 Å². The molecule has 2 saturated carbocycles. The van der Waals surface area contributed by atoms with Crippen LogP contribution in [-0.4, -0.2) is 0 Å². The Morgan fingerprint density at radius 2 is 0.870 bits per heavy atom. The first kappa shape index (κ1) is 39.7. The SMILES string of the molecule is CC1(C)c2ccccc2-c2cc(-c3cccc4c3C(C)(C)c3cc(N(c5ccc(C6CC7CCC6C7)cc5)c5ccc6c(c5)C5(c7ccccc7-c7ccccc75)c5ccccc5-6)ccc3-4)ccc21. The highest BCUT2D eigenvalue weighted by molar-refractivity contribution is 5.97. The van der Waals surface area contributed by atoms with Crippen LogP contribution in [0.3, 0.4) is 0 Å². The molecule has 1 spiro atoms. The molecule has 15 rings (SSSR count). The fourth-order valence-electron chi connectivity index (χ4n) is 15.3. The van der Waals surface area contributed by atoms with Crippen LogP contribution in [-0.2, 0) is 16.2 Å². The van der Waals surface area contributed by atoms with Gasteiger partial charge in [0.05, 0.1) is 5.41 Å². The zero-order valence-electron chi connectivity index (χ0n) is 40.0. The predicted octanol–water partition coefficient (Wildman–Crippen LogP) is 17.7. The Morgan fingerprint density at radius 3 is 1.48 bits per heavy atom. The number of fused-ring (bicyclic) bond motifs is 18. The molecular weight excluding hydrogens is 831 g/mol. The maximum atomic E-state index is 2.56. The highest BCUT2D eigenvalue weighted by Crippen LogP contribution is 2.64. The van der Waals surface area contributed by atoms with Gasteiger partial charge in [0.25, 0.3) is 0 Å². The van der Waals surface area contributed by atoms with Gasteiger partial charge in [-0.1, -0.05) is 186 Å². The van der Waals surface area contributed by atoms with E-state index in [0.717, 1.165) is 11.8 Å². The van der Waals surface area contributed by atoms with Crippen molar-refractivity contribution in [3.05, 3.63) is 244 Å². The standard InChI is InChI=1S/C68H55N/c1-66(2)58-20-9-5-17-52(58)57-38-44(28-35-59(57)66)48-18-13-19-55-54-34-32-46(39-63(54)67(3,4)65(48)55)69(45-29-26-42(27-30-45)56-37-41-24-25-43(56)36-41)47-31-33-53-51-16-8-12-23-62(51)68(64(53)40-47)60-21-10-6-14-49(60)50-15-7-11-22-61(50)68/h5-23,26-35,38-41,43,56H,24-25,36-37H2,1-4H3. The topological polar surface area (TPSA) is 3.24 Å². The van der Waals surface area contributed by atoms with Crippen molar-refractivity contribution < 1.29 is 0 Å². The maximum absolute atomic E-state index is 2.56. The van der Waals surface area contributed by atoms with E-state index in [-0.39, 0.29) is 10.8 Å². The summed E-state index contributed by atoms with van der Waals surface area (Å²) >= 11 is 0. The summed E-state index contributed by atoms with van der Waals surface area (Å²) in [4.78, 5) is 2.56. The molecule has 3 atom stereocenters. The van der Waals surface area contributed by atoms with E-state index in [1.165, 1.54) is 148 Å². The first-order chi connectivity index (χ1) is 33.7. The van der Waals surface area contributed by atoms with E-state index in [1.807, 2.05) is 0 Å². The molecule has 0 saturated heterocycles. The average molecular weight is 886 g/mol. The van der Waals surface area contributed by atoms with E-state index >= 15 is 0 Å². The van der Waals surface area contributed by atoms with Crippen LogP contribution in [0.25, 0.3) is 55.6 Å². The largest absolute Gasteiger partial charge is 0.310 e. The first-order valence-corrected chi connectivity index (χ1v) is 25.6. The summed E-state index contributed by atoms with van der Waals surface area (Å²) < 4.78 is 0. The van der Waals surface area contributed by atoms with Crippen LogP contribution < -0.4 is 4.90 Å². The Hall–Kier alpha value is -7.22. The fourth-order valence-corrected chi connectivity index (χ4v) is 15.3. The third-order valence-electron chi connectivity index (χ3n) is 18.4. The Balaban J connectivity index is 0.897. The molecule has 2 bridgehead atoms. The number of benzene rings is 9. The van der Waals surface area contributed by atoms with Crippen LogP contribution in [0.15, 0.2) is 194 Å². The van der Waals surface area contributed by atoms with Crippen molar-refractivity contribution in [3.8, 4) is 55.6 Å². The molecule has 0 aromatic heterocycles. The lowest BCUT2D eigenvalue weighted by atomic mass is 9.70. The Kier molecular flexibility index (Phi) is 8.04. The van der Waals surface area contributed by atoms with Crippen LogP contribution in [0.1, 0.15) is 109 Å². The smallest absolute Gasteiger partial charge is 0.0726 e. The van der Waals surface area contributed by atoms with Crippen LogP contribution in [0.4, 0.5) is 17.1 Å². The molecule has 2 fully saturated rings. The number of anilines is 3. The fraction of sp³-hybridized carbons (Fsp3) is 0.206. The van der Waals surface area contributed by atoms with E-state index < -0.39 is 5.41 Å². The second-order valence-electron chi connectivity index (χ2n) is 22.3. The van der Waals surface area contributed by atoms with Gasteiger partial charge in [-0.3, -0.25) is 0 Å². The van der Waals surface area contributed by atoms with Crippen molar-refractivity contribution in [3.63, 3.8) is 0 Å². The number of hydrogen-bond acceptors (Lipinski definition) is 1. The molecule has 69 heavy (non-hydrogen) atoms. The molecular formula is C68H55N. The lowest BCUT2D eigenvalue weighted by molar-refractivity contribution is 0.420. The normalized spacial score (nSPS) is 20.1. The van der Waals surface area contributed by atoms with Crippen LogP contribution >= 0.6 is 0 Å². The van der Waals surface area contributed by atoms with Gasteiger partial charge in [0.1, 0.15) is 0 Å². The van der Waals surface area contributed by atoms with Crippen LogP contribution in [0.5, 0.6) is 0 Å². The van der Waals surface area contributed by atoms with E-state index in [0.29, 0.717) is 5.92 Å². The quantitative estimate of drug-likeness (QED) is 0.166. The van der Waals surface area contributed by atoms with E-state index in [1.54, 1.807) is 0 Å². The van der Waals surface area contributed by atoms with Gasteiger partial charge in [0, 0.05) is 27.9 Å². The van der Waals surface area contributed by atoms with Crippen molar-refractivity contribution >= 4 is 17.1 Å². The first-order valence-electron chi connectivity index (χ1n) is 25.6. The van der Waals surface area contributed by atoms with Crippen molar-refractivity contribution in [1.82, 2.24) is 0 Å². The molecule has 6 aliphatic carbocycles. The summed E-state index contributed by atoms with van der Waals surface area (Å²) in [7, 11) is 0. The van der Waals surface area contributed by atoms with Gasteiger partial charge in [0.15, 0.2) is 0 Å². The average Bonchev–Trinajstić information content (AvgIpc) is 4.23. The predicted molar refractivity (Wildman–Crippen MR) is 286 cm³/mol. The zero-order chi connectivity index (χ0) is 46.0. The summed E-state index contributed by atoms with van der Waals surface area (Å²) in [6.07, 6.45) is 5.58. The highest BCUT2D eigenvalue weighted by atomic mass is 15.1. The zero-order valence-corrected chi connectivity index (χ0v) is 40.0. The summed E-state index contributed by atoms with van der Waals surface area (Å²) in [5.41, 5.74) is 28.9. The number of nitrogens with zero attached hydrogens (tertiary/aromatic N) is 1. The minimum absolute atomic E-state index is 0.0210. The number of hydrogen-bond donors (Lipinski definition) is 0. The van der Waals surface area contributed by atoms with E-state index in [9.17, 15) is 0 Å². The molecule has 9 aromatic carbocycles. The minimum Gasteiger partial charge on any atom is -0.310 e. The minimum atomic E-state index is -0.417. The maximum Gasteiger partial charge on any atom is 0.0726 e. The monoisotopic (exact) mass is 885 g/mol. The summed E-state index contributed by atoms with van der Waals surface area (Å²) in [6, 6.07) is 75.3. The number of rotatable bonds is 5. The highest BCUT2D eigenvalue weighted by Gasteiger charge is 2.52. The van der Waals surface area contributed by atoms with Crippen LogP contribution in [0, 0.1) is 11.8 Å². The second-order valence-corrected chi connectivity index (χ2v) is 22.3. The van der Waals surface area contributed by atoms with Gasteiger partial charge >= 0.3 is 0 Å². The van der Waals surface area contributed by atoms with Gasteiger partial charge < -0.3 is 4.90 Å². The third kappa shape index (κ3) is 5.21. The van der Waals surface area contributed by atoms with Gasteiger partial charge in [-0.25, -0.2) is 0 Å². The van der Waals surface area contributed by atoms with Crippen molar-refractivity contribution in [2.75, 3.05) is 4.90 Å². The van der Waals surface area contributed by atoms with Crippen LogP contribution in [0.2, 0.25) is 0 Å². The molecule has 1 heteroatoms. The molecule has 9 aromatic rings. The van der Waals surface area contributed by atoms with Crippen molar-refractivity contribution in [2.24, 2.45) is 11.8 Å². The Labute approximate surface area is 407 Å². The van der Waals surface area contributed by atoms with Crippen molar-refractivity contribution in [1.29, 1.82) is 0 Å². The molecule has 0 radical (unpaired) electrons. The molecule has 0 amide bonds. The summed E-state index contributed by atoms with van der Waals surface area (Å²) in [6.45, 7) is 9.66. The molecule has 0 aliphatic heterocycles. The molecule has 6 aliphatic rings. The lowest BCUT2D eigenvalue weighted by Gasteiger charge is -2.33. The second kappa shape index (κ2) is 14.0. The Bertz CT molecular complexity index is 3590. The molecule has 3 unspecified atom stereocenters. The Morgan fingerprint density at radius 1 is 0.362 bits per heavy atom. The molecule has 0 N–H and O–H groups in total. The van der Waals surface area contributed by atoms with Gasteiger partial charge in [-0.2, -0.15) is 0 Å². The summed E-state index contributed by atoms with van der Waals surface area (Å²) in [5.74, 6) is 2.44. The van der Waals surface area contributed by atoms with Gasteiger partial charge in [0.2, 0.25) is 0 Å². The van der Waals surface area contributed by atoms with E-state index in [2.05, 4.69) is 227 Å². The summed E-state index contributed by atoms with van der Waals surface area (Å²) in [5, 5.41) is 0. The molecule has 0 heterocycles.